The Labute approximate surface area is 468 Å². The van der Waals surface area contributed by atoms with Crippen molar-refractivity contribution in [3.8, 4) is 11.4 Å². The van der Waals surface area contributed by atoms with E-state index < -0.39 is 90.0 Å². The maximum absolute atomic E-state index is 15.8. The lowest BCUT2D eigenvalue weighted by Crippen LogP contribution is -2.52. The number of benzene rings is 2. The molecule has 1 saturated heterocycles. The first kappa shape index (κ1) is 59.2. The van der Waals surface area contributed by atoms with Gasteiger partial charge in [0, 0.05) is 61.4 Å². The van der Waals surface area contributed by atoms with Crippen molar-refractivity contribution in [1.29, 1.82) is 0 Å². The number of rotatable bonds is 25. The Morgan fingerprint density at radius 3 is 2.23 bits per heavy atom. The number of aliphatic hydroxyl groups is 1. The Bertz CT molecular complexity index is 3250. The SMILES string of the molecule is CCC(C)(CC)C1CC(=O)N(CCCCCC(=O)NCC(=O)NCC(=O)NC(Cc2ccccc2)C(=O)NCC(=O)NCC(CC(N)=O)C2Cc3c(C)c(F)cc4nc5c(c(c34)C2)Cn2c-5cc3c(c2=O)COC(=O)[C@]3(O)CC)C1=O. The number of carbonyl (C=O) groups is 9. The summed E-state index contributed by atoms with van der Waals surface area (Å²) < 4.78 is 22.6. The number of imide groups is 1. The fraction of sp³-hybridized carbons (Fsp3) is 0.508. The Morgan fingerprint density at radius 2 is 1.53 bits per heavy atom. The van der Waals surface area contributed by atoms with Gasteiger partial charge in [-0.25, -0.2) is 14.2 Å². The van der Waals surface area contributed by atoms with E-state index >= 15 is 4.39 Å². The number of primary amides is 1. The van der Waals surface area contributed by atoms with Crippen molar-refractivity contribution in [3.63, 3.8) is 0 Å². The van der Waals surface area contributed by atoms with Crippen LogP contribution in [0.2, 0.25) is 0 Å². The summed E-state index contributed by atoms with van der Waals surface area (Å²) in [5.74, 6) is -6.70. The molecule has 1 fully saturated rings. The van der Waals surface area contributed by atoms with Gasteiger partial charge in [-0.2, -0.15) is 0 Å². The number of hydrogen-bond acceptors (Lipinski definition) is 13. The lowest BCUT2D eigenvalue weighted by molar-refractivity contribution is -0.172. The molecule has 2 aromatic heterocycles. The molecule has 1 aliphatic carbocycles. The van der Waals surface area contributed by atoms with E-state index in [1.54, 1.807) is 50.2 Å². The molecule has 0 radical (unpaired) electrons. The number of halogens is 1. The lowest BCUT2D eigenvalue weighted by atomic mass is 9.72. The molecule has 432 valence electrons. The molecular formula is C59H72FN9O12. The molecule has 8 amide bonds. The van der Waals surface area contributed by atoms with Gasteiger partial charge < -0.3 is 46.7 Å². The van der Waals surface area contributed by atoms with Crippen molar-refractivity contribution in [2.75, 3.05) is 32.7 Å². The number of unbranched alkanes of at least 4 members (excludes halogenated alkanes) is 2. The van der Waals surface area contributed by atoms with Gasteiger partial charge in [-0.05, 0) is 97.4 Å². The highest BCUT2D eigenvalue weighted by Gasteiger charge is 2.48. The van der Waals surface area contributed by atoms with Crippen LogP contribution in [0.3, 0.4) is 0 Å². The van der Waals surface area contributed by atoms with Crippen LogP contribution in [0.15, 0.2) is 47.3 Å². The molecule has 8 rings (SSSR count). The second-order valence-corrected chi connectivity index (χ2v) is 22.2. The summed E-state index contributed by atoms with van der Waals surface area (Å²) in [5.41, 5.74) is 7.62. The molecule has 0 saturated carbocycles. The molecular weight excluding hydrogens is 1050 g/mol. The highest BCUT2D eigenvalue weighted by atomic mass is 19.1. The van der Waals surface area contributed by atoms with E-state index in [0.29, 0.717) is 77.8 Å². The minimum Gasteiger partial charge on any atom is -0.458 e. The molecule has 22 heteroatoms. The average molecular weight is 1120 g/mol. The molecule has 81 heavy (non-hydrogen) atoms. The summed E-state index contributed by atoms with van der Waals surface area (Å²) >= 11 is 0. The maximum Gasteiger partial charge on any atom is 0.343 e. The minimum absolute atomic E-state index is 0.0270. The molecule has 0 spiro atoms. The summed E-state index contributed by atoms with van der Waals surface area (Å²) in [5, 5.41) is 25.1. The number of hydrogen-bond donors (Lipinski definition) is 7. The smallest absolute Gasteiger partial charge is 0.343 e. The van der Waals surface area contributed by atoms with Crippen LogP contribution in [0.5, 0.6) is 0 Å². The van der Waals surface area contributed by atoms with Crippen LogP contribution in [0.25, 0.3) is 22.3 Å². The second kappa shape index (κ2) is 24.9. The molecule has 5 heterocycles. The molecule has 8 N–H and O–H groups in total. The second-order valence-electron chi connectivity index (χ2n) is 22.2. The normalized spacial score (nSPS) is 18.8. The molecule has 4 aliphatic rings. The molecule has 21 nitrogen and oxygen atoms in total. The summed E-state index contributed by atoms with van der Waals surface area (Å²) in [7, 11) is 0. The summed E-state index contributed by atoms with van der Waals surface area (Å²) in [6.07, 6.45) is 3.96. The van der Waals surface area contributed by atoms with Gasteiger partial charge in [0.05, 0.1) is 54.6 Å². The van der Waals surface area contributed by atoms with Crippen molar-refractivity contribution in [2.45, 2.75) is 136 Å². The standard InChI is InChI=1S/C59H72FN9O12/c1-6-58(5,7-2)41-24-51(75)68(56(41)78)18-14-10-13-17-47(71)63-27-48(72)64-29-50(74)66-44(19-33-15-11-9-12-16-33)54(76)65-28-49(73)62-26-35(22-46(61)70)34-20-36-32(4)42(60)25-43-52(36)37(21-34)38-30-69-45(53(38)67-43)23-40-39(55(69)77)31-81-57(79)59(40,80)8-3/h9,11-12,15-16,23,25,34-35,41,44,80H,6-8,10,13-14,17-22,24,26-31H2,1-5H3,(H2,61,70)(H,62,73)(H,63,71)(H,64,72)(H,65,76)(H,66,74)/t34?,35?,41?,44?,59-/m0/s1. The van der Waals surface area contributed by atoms with Crippen LogP contribution >= 0.6 is 0 Å². The van der Waals surface area contributed by atoms with E-state index in [9.17, 15) is 53.1 Å². The number of fused-ring (bicyclic) bond motifs is 5. The Morgan fingerprint density at radius 1 is 0.852 bits per heavy atom. The maximum atomic E-state index is 15.8. The predicted octanol–water partition coefficient (Wildman–Crippen LogP) is 2.69. The predicted molar refractivity (Wildman–Crippen MR) is 294 cm³/mol. The summed E-state index contributed by atoms with van der Waals surface area (Å²) in [4.78, 5) is 137. The Hall–Kier alpha value is -7.88. The zero-order chi connectivity index (χ0) is 58.5. The van der Waals surface area contributed by atoms with E-state index in [1.807, 2.05) is 20.8 Å². The van der Waals surface area contributed by atoms with Crippen LogP contribution in [0.1, 0.15) is 124 Å². The van der Waals surface area contributed by atoms with Gasteiger partial charge in [-0.1, -0.05) is 64.4 Å². The summed E-state index contributed by atoms with van der Waals surface area (Å²) in [6.45, 7) is 7.90. The zero-order valence-corrected chi connectivity index (χ0v) is 46.5. The Balaban J connectivity index is 0.841. The monoisotopic (exact) mass is 1120 g/mol. The number of amides is 8. The minimum atomic E-state index is -2.05. The number of cyclic esters (lactones) is 1. The zero-order valence-electron chi connectivity index (χ0n) is 46.5. The van der Waals surface area contributed by atoms with Crippen LogP contribution in [0, 0.1) is 35.9 Å². The van der Waals surface area contributed by atoms with Crippen LogP contribution in [-0.4, -0.2) is 112 Å². The van der Waals surface area contributed by atoms with Crippen molar-refractivity contribution in [1.82, 2.24) is 41.0 Å². The van der Waals surface area contributed by atoms with E-state index in [-0.39, 0.29) is 92.0 Å². The molecule has 4 aromatic rings. The van der Waals surface area contributed by atoms with Gasteiger partial charge in [0.1, 0.15) is 18.5 Å². The van der Waals surface area contributed by atoms with E-state index in [0.717, 1.165) is 23.8 Å². The number of nitrogens with one attached hydrogen (secondary N) is 5. The molecule has 2 aromatic carbocycles. The van der Waals surface area contributed by atoms with Gasteiger partial charge in [0.25, 0.3) is 5.56 Å². The van der Waals surface area contributed by atoms with E-state index in [1.165, 1.54) is 15.5 Å². The Kier molecular flexibility index (Phi) is 18.2. The average Bonchev–Trinajstić information content (AvgIpc) is 3.98. The van der Waals surface area contributed by atoms with Gasteiger partial charge >= 0.3 is 5.97 Å². The number of pyridine rings is 2. The number of nitrogens with zero attached hydrogens (tertiary/aromatic N) is 3. The van der Waals surface area contributed by atoms with Gasteiger partial charge in [0.15, 0.2) is 5.60 Å². The fourth-order valence-electron chi connectivity index (χ4n) is 11.9. The number of aromatic nitrogens is 2. The largest absolute Gasteiger partial charge is 0.458 e. The van der Waals surface area contributed by atoms with Gasteiger partial charge in [-0.15, -0.1) is 0 Å². The van der Waals surface area contributed by atoms with Crippen molar-refractivity contribution < 1.29 is 57.4 Å². The molecule has 0 bridgehead atoms. The van der Waals surface area contributed by atoms with E-state index in [2.05, 4.69) is 26.6 Å². The first-order valence-corrected chi connectivity index (χ1v) is 27.9. The van der Waals surface area contributed by atoms with Crippen LogP contribution < -0.4 is 37.9 Å². The quantitative estimate of drug-likeness (QED) is 0.0252. The number of nitrogens with two attached hydrogens (primary N) is 1. The van der Waals surface area contributed by atoms with Crippen molar-refractivity contribution in [3.05, 3.63) is 97.6 Å². The van der Waals surface area contributed by atoms with E-state index in [4.69, 9.17) is 15.5 Å². The summed E-state index contributed by atoms with van der Waals surface area (Å²) in [6, 6.07) is 10.5. The highest BCUT2D eigenvalue weighted by molar-refractivity contribution is 6.04. The molecule has 4 unspecified atom stereocenters. The first-order valence-electron chi connectivity index (χ1n) is 27.9. The number of esters is 1. The van der Waals surface area contributed by atoms with Crippen LogP contribution in [-0.2, 0) is 85.9 Å². The van der Waals surface area contributed by atoms with Gasteiger partial charge in [-0.3, -0.25) is 48.1 Å². The highest BCUT2D eigenvalue weighted by Crippen LogP contribution is 2.46. The molecule has 3 aliphatic heterocycles. The van der Waals surface area contributed by atoms with Crippen molar-refractivity contribution in [2.24, 2.45) is 28.9 Å². The fourth-order valence-corrected chi connectivity index (χ4v) is 11.9. The third-order valence-electron chi connectivity index (χ3n) is 17.3. The number of likely N-dealkylation sites (tertiary alicyclic amines) is 1. The number of carbonyl (C=O) groups excluding carboxylic acids is 9. The number of ether oxygens (including phenoxy) is 1. The third kappa shape index (κ3) is 12.5. The lowest BCUT2D eigenvalue weighted by Gasteiger charge is -2.33. The van der Waals surface area contributed by atoms with Crippen molar-refractivity contribution >= 4 is 64.1 Å². The van der Waals surface area contributed by atoms with Crippen LogP contribution in [0.4, 0.5) is 4.39 Å². The molecule has 5 atom stereocenters. The third-order valence-corrected chi connectivity index (χ3v) is 17.3. The van der Waals surface area contributed by atoms with Gasteiger partial charge in [0.2, 0.25) is 47.3 Å². The topological polar surface area (TPSA) is 307 Å². The first-order chi connectivity index (χ1) is 38.6.